The van der Waals surface area contributed by atoms with Crippen molar-refractivity contribution >= 4 is 21.7 Å². The third-order valence-electron chi connectivity index (χ3n) is 4.79. The van der Waals surface area contributed by atoms with E-state index in [0.717, 1.165) is 5.56 Å². The van der Waals surface area contributed by atoms with Crippen LogP contribution in [0.15, 0.2) is 30.3 Å². The second kappa shape index (κ2) is 10.4. The van der Waals surface area contributed by atoms with Gasteiger partial charge < -0.3 is 15.2 Å². The first-order valence-corrected chi connectivity index (χ1v) is 11.0. The first-order chi connectivity index (χ1) is 12.9. The van der Waals surface area contributed by atoms with E-state index in [0.29, 0.717) is 38.9 Å². The molecule has 7 nitrogen and oxygen atoms in total. The minimum absolute atomic E-state index is 0.0572. The summed E-state index contributed by atoms with van der Waals surface area (Å²) < 4.78 is 29.5. The summed E-state index contributed by atoms with van der Waals surface area (Å²) >= 11 is 0. The second-order valence-electron chi connectivity index (χ2n) is 6.88. The standard InChI is InChI=1S/C19H27NO6S/c21-18(20-13-17(19(22)23)16-8-10-26-11-9-16)14-27(24,25)12-4-7-15-5-2-1-3-6-15/h1-3,5-6,16-17H,4,7-14H2,(H,20,21)(H,22,23). The zero-order chi connectivity index (χ0) is 19.7. The van der Waals surface area contributed by atoms with Crippen molar-refractivity contribution in [3.05, 3.63) is 35.9 Å². The number of amides is 1. The largest absolute Gasteiger partial charge is 0.481 e. The summed E-state index contributed by atoms with van der Waals surface area (Å²) in [5.41, 5.74) is 1.05. The molecule has 0 bridgehead atoms. The first-order valence-electron chi connectivity index (χ1n) is 9.19. The molecule has 0 radical (unpaired) electrons. The van der Waals surface area contributed by atoms with Gasteiger partial charge in [0.15, 0.2) is 9.84 Å². The van der Waals surface area contributed by atoms with Gasteiger partial charge in [0.05, 0.1) is 11.7 Å². The average Bonchev–Trinajstić information content (AvgIpc) is 2.63. The molecule has 1 aliphatic heterocycles. The monoisotopic (exact) mass is 397 g/mol. The Morgan fingerprint density at radius 1 is 1.19 bits per heavy atom. The predicted molar refractivity (Wildman–Crippen MR) is 101 cm³/mol. The Kier molecular flexibility index (Phi) is 8.24. The number of nitrogens with one attached hydrogen (secondary N) is 1. The molecule has 0 aliphatic carbocycles. The van der Waals surface area contributed by atoms with Crippen molar-refractivity contribution < 1.29 is 27.9 Å². The second-order valence-corrected chi connectivity index (χ2v) is 9.06. The van der Waals surface area contributed by atoms with E-state index in [4.69, 9.17) is 4.74 Å². The maximum Gasteiger partial charge on any atom is 0.308 e. The van der Waals surface area contributed by atoms with Gasteiger partial charge in [0.1, 0.15) is 5.75 Å². The molecule has 1 atom stereocenters. The highest BCUT2D eigenvalue weighted by Gasteiger charge is 2.30. The topological polar surface area (TPSA) is 110 Å². The molecular formula is C19H27NO6S. The van der Waals surface area contributed by atoms with Crippen LogP contribution in [0.3, 0.4) is 0 Å². The zero-order valence-corrected chi connectivity index (χ0v) is 16.1. The number of carbonyl (C=O) groups is 2. The van der Waals surface area contributed by atoms with E-state index in [9.17, 15) is 23.1 Å². The maximum absolute atomic E-state index is 12.1. The van der Waals surface area contributed by atoms with Crippen LogP contribution in [-0.4, -0.2) is 56.7 Å². The first kappa shape index (κ1) is 21.4. The van der Waals surface area contributed by atoms with Crippen LogP contribution in [-0.2, 0) is 30.6 Å². The van der Waals surface area contributed by atoms with Crippen LogP contribution >= 0.6 is 0 Å². The van der Waals surface area contributed by atoms with Crippen LogP contribution in [0.2, 0.25) is 0 Å². The number of ether oxygens (including phenoxy) is 1. The summed E-state index contributed by atoms with van der Waals surface area (Å²) in [4.78, 5) is 23.5. The summed E-state index contributed by atoms with van der Waals surface area (Å²) in [5, 5.41) is 11.9. The number of aliphatic carboxylic acids is 1. The Labute approximate surface area is 160 Å². The van der Waals surface area contributed by atoms with Gasteiger partial charge in [-0.3, -0.25) is 9.59 Å². The van der Waals surface area contributed by atoms with Crippen molar-refractivity contribution in [3.63, 3.8) is 0 Å². The van der Waals surface area contributed by atoms with Crippen LogP contribution < -0.4 is 5.32 Å². The van der Waals surface area contributed by atoms with Gasteiger partial charge in [-0.15, -0.1) is 0 Å². The van der Waals surface area contributed by atoms with Gasteiger partial charge in [0.25, 0.3) is 0 Å². The lowest BCUT2D eigenvalue weighted by atomic mass is 9.86. The van der Waals surface area contributed by atoms with Crippen molar-refractivity contribution in [2.45, 2.75) is 25.7 Å². The number of hydrogen-bond acceptors (Lipinski definition) is 5. The Morgan fingerprint density at radius 2 is 1.85 bits per heavy atom. The molecule has 0 saturated carbocycles. The Bertz CT molecular complexity index is 713. The van der Waals surface area contributed by atoms with E-state index in [1.807, 2.05) is 30.3 Å². The quantitative estimate of drug-likeness (QED) is 0.615. The van der Waals surface area contributed by atoms with Gasteiger partial charge in [-0.2, -0.15) is 0 Å². The molecule has 8 heteroatoms. The number of carboxylic acid groups (broad SMARTS) is 1. The fourth-order valence-corrected chi connectivity index (χ4v) is 4.49. The lowest BCUT2D eigenvalue weighted by Gasteiger charge is -2.27. The molecule has 1 aliphatic rings. The average molecular weight is 397 g/mol. The van der Waals surface area contributed by atoms with Crippen LogP contribution in [0.1, 0.15) is 24.8 Å². The number of benzene rings is 1. The van der Waals surface area contributed by atoms with Gasteiger partial charge in [-0.05, 0) is 37.2 Å². The minimum atomic E-state index is -3.52. The Morgan fingerprint density at radius 3 is 2.48 bits per heavy atom. The lowest BCUT2D eigenvalue weighted by Crippen LogP contribution is -2.41. The molecule has 1 saturated heterocycles. The summed E-state index contributed by atoms with van der Waals surface area (Å²) in [6.45, 7) is 0.967. The van der Waals surface area contributed by atoms with Crippen molar-refractivity contribution in [2.75, 3.05) is 31.3 Å². The highest BCUT2D eigenvalue weighted by atomic mass is 32.2. The molecule has 0 spiro atoms. The van der Waals surface area contributed by atoms with E-state index in [1.165, 1.54) is 0 Å². The van der Waals surface area contributed by atoms with Crippen molar-refractivity contribution in [1.29, 1.82) is 0 Å². The van der Waals surface area contributed by atoms with Crippen LogP contribution in [0.25, 0.3) is 0 Å². The van der Waals surface area contributed by atoms with E-state index >= 15 is 0 Å². The Balaban J connectivity index is 1.76. The van der Waals surface area contributed by atoms with Gasteiger partial charge in [0.2, 0.25) is 5.91 Å². The zero-order valence-electron chi connectivity index (χ0n) is 15.3. The van der Waals surface area contributed by atoms with Gasteiger partial charge in [-0.25, -0.2) is 8.42 Å². The highest BCUT2D eigenvalue weighted by Crippen LogP contribution is 2.23. The lowest BCUT2D eigenvalue weighted by molar-refractivity contribution is -0.144. The molecule has 27 heavy (non-hydrogen) atoms. The van der Waals surface area contributed by atoms with E-state index in [1.54, 1.807) is 0 Å². The van der Waals surface area contributed by atoms with Crippen LogP contribution in [0, 0.1) is 11.8 Å². The molecule has 1 unspecified atom stereocenters. The normalized spacial score (nSPS) is 16.6. The van der Waals surface area contributed by atoms with Crippen molar-refractivity contribution in [2.24, 2.45) is 11.8 Å². The van der Waals surface area contributed by atoms with E-state index < -0.39 is 33.4 Å². The number of carboxylic acids is 1. The molecule has 1 heterocycles. The van der Waals surface area contributed by atoms with E-state index in [-0.39, 0.29) is 18.2 Å². The number of carbonyl (C=O) groups excluding carboxylic acids is 1. The molecule has 1 amide bonds. The van der Waals surface area contributed by atoms with Gasteiger partial charge in [-0.1, -0.05) is 30.3 Å². The smallest absolute Gasteiger partial charge is 0.308 e. The maximum atomic E-state index is 12.1. The molecule has 2 rings (SSSR count). The SMILES string of the molecule is O=C(CS(=O)(=O)CCCc1ccccc1)NCC(C(=O)O)C1CCOCC1. The predicted octanol–water partition coefficient (Wildman–Crippen LogP) is 1.28. The third-order valence-corrected chi connectivity index (χ3v) is 6.40. The number of aryl methyl sites for hydroxylation is 1. The summed E-state index contributed by atoms with van der Waals surface area (Å²) in [7, 11) is -3.52. The Hall–Kier alpha value is -1.93. The molecule has 1 aromatic carbocycles. The van der Waals surface area contributed by atoms with Crippen LogP contribution in [0.5, 0.6) is 0 Å². The molecule has 2 N–H and O–H groups in total. The third kappa shape index (κ3) is 7.68. The minimum Gasteiger partial charge on any atom is -0.481 e. The summed E-state index contributed by atoms with van der Waals surface area (Å²) in [6.07, 6.45) is 2.33. The highest BCUT2D eigenvalue weighted by molar-refractivity contribution is 7.92. The molecular weight excluding hydrogens is 370 g/mol. The number of hydrogen-bond donors (Lipinski definition) is 2. The summed E-state index contributed by atoms with van der Waals surface area (Å²) in [5.74, 6) is -3.10. The van der Waals surface area contributed by atoms with Gasteiger partial charge in [0, 0.05) is 19.8 Å². The molecule has 1 aromatic rings. The fraction of sp³-hybridized carbons (Fsp3) is 0.579. The number of sulfone groups is 1. The number of rotatable bonds is 10. The van der Waals surface area contributed by atoms with E-state index in [2.05, 4.69) is 5.32 Å². The molecule has 0 aromatic heterocycles. The fourth-order valence-electron chi connectivity index (χ4n) is 3.26. The van der Waals surface area contributed by atoms with Crippen molar-refractivity contribution in [3.8, 4) is 0 Å². The summed E-state index contributed by atoms with van der Waals surface area (Å²) in [6, 6.07) is 9.56. The molecule has 1 fully saturated rings. The molecule has 150 valence electrons. The van der Waals surface area contributed by atoms with Crippen LogP contribution in [0.4, 0.5) is 0 Å². The van der Waals surface area contributed by atoms with Crippen molar-refractivity contribution in [1.82, 2.24) is 5.32 Å². The van der Waals surface area contributed by atoms with Gasteiger partial charge >= 0.3 is 5.97 Å².